The molecule has 0 aromatic heterocycles. The number of benzene rings is 1. The van der Waals surface area contributed by atoms with Gasteiger partial charge in [0.15, 0.2) is 0 Å². The van der Waals surface area contributed by atoms with Crippen molar-refractivity contribution in [3.63, 3.8) is 0 Å². The van der Waals surface area contributed by atoms with Crippen LogP contribution >= 0.6 is 0 Å². The molecular weight excluding hydrogens is 198 g/mol. The highest BCUT2D eigenvalue weighted by molar-refractivity contribution is 5.76. The quantitative estimate of drug-likeness (QED) is 0.810. The van der Waals surface area contributed by atoms with Gasteiger partial charge < -0.3 is 5.32 Å². The van der Waals surface area contributed by atoms with Crippen molar-refractivity contribution in [3.8, 4) is 0 Å². The molecule has 0 aliphatic carbocycles. The minimum atomic E-state index is 0.151. The molecule has 2 heteroatoms. The lowest BCUT2D eigenvalue weighted by Gasteiger charge is -2.11. The molecule has 2 nitrogen and oxygen atoms in total. The van der Waals surface area contributed by atoms with E-state index >= 15 is 0 Å². The third kappa shape index (κ3) is 4.05. The van der Waals surface area contributed by atoms with Crippen LogP contribution in [0, 0.1) is 6.92 Å². The van der Waals surface area contributed by atoms with Crippen LogP contribution in [0.15, 0.2) is 24.3 Å². The number of carbonyl (C=O) groups is 1. The van der Waals surface area contributed by atoms with Crippen molar-refractivity contribution >= 4 is 5.91 Å². The molecule has 1 unspecified atom stereocenters. The van der Waals surface area contributed by atoms with E-state index in [2.05, 4.69) is 31.3 Å². The van der Waals surface area contributed by atoms with Crippen molar-refractivity contribution in [1.29, 1.82) is 0 Å². The Kier molecular flexibility index (Phi) is 5.03. The molecule has 1 rings (SSSR count). The number of nitrogens with one attached hydrogen (secondary N) is 1. The molecule has 0 fully saturated rings. The van der Waals surface area contributed by atoms with Crippen molar-refractivity contribution in [2.75, 3.05) is 0 Å². The molecule has 0 aliphatic heterocycles. The highest BCUT2D eigenvalue weighted by atomic mass is 16.1. The lowest BCUT2D eigenvalue weighted by Crippen LogP contribution is -2.32. The number of amides is 1. The van der Waals surface area contributed by atoms with Gasteiger partial charge in [-0.05, 0) is 37.8 Å². The number of aryl methyl sites for hydroxylation is 2. The SMILES string of the molecule is CCC(C)NC(=O)CCc1ccccc1C. The zero-order chi connectivity index (χ0) is 12.0. The summed E-state index contributed by atoms with van der Waals surface area (Å²) < 4.78 is 0. The Morgan fingerprint density at radius 2 is 2.06 bits per heavy atom. The first kappa shape index (κ1) is 12.8. The number of carbonyl (C=O) groups excluding carboxylic acids is 1. The first-order chi connectivity index (χ1) is 7.63. The summed E-state index contributed by atoms with van der Waals surface area (Å²) >= 11 is 0. The van der Waals surface area contributed by atoms with Gasteiger partial charge in [-0.1, -0.05) is 31.2 Å². The summed E-state index contributed by atoms with van der Waals surface area (Å²) in [6, 6.07) is 8.50. The topological polar surface area (TPSA) is 29.1 Å². The second kappa shape index (κ2) is 6.31. The van der Waals surface area contributed by atoms with Gasteiger partial charge >= 0.3 is 0 Å². The van der Waals surface area contributed by atoms with Crippen molar-refractivity contribution in [2.24, 2.45) is 0 Å². The van der Waals surface area contributed by atoms with E-state index in [1.165, 1.54) is 11.1 Å². The number of rotatable bonds is 5. The summed E-state index contributed by atoms with van der Waals surface area (Å²) in [7, 11) is 0. The molecule has 0 radical (unpaired) electrons. The Morgan fingerprint density at radius 1 is 1.38 bits per heavy atom. The predicted molar refractivity (Wildman–Crippen MR) is 67.4 cm³/mol. The summed E-state index contributed by atoms with van der Waals surface area (Å²) in [4.78, 5) is 11.6. The monoisotopic (exact) mass is 219 g/mol. The van der Waals surface area contributed by atoms with E-state index in [1.807, 2.05) is 19.1 Å². The van der Waals surface area contributed by atoms with Crippen LogP contribution in [0.25, 0.3) is 0 Å². The molecule has 1 N–H and O–H groups in total. The molecule has 0 saturated carbocycles. The van der Waals surface area contributed by atoms with Crippen molar-refractivity contribution in [3.05, 3.63) is 35.4 Å². The maximum absolute atomic E-state index is 11.6. The second-order valence-corrected chi connectivity index (χ2v) is 4.30. The highest BCUT2D eigenvalue weighted by Gasteiger charge is 2.06. The lowest BCUT2D eigenvalue weighted by molar-refractivity contribution is -0.121. The molecule has 88 valence electrons. The van der Waals surface area contributed by atoms with Gasteiger partial charge in [-0.3, -0.25) is 4.79 Å². The van der Waals surface area contributed by atoms with E-state index < -0.39 is 0 Å². The van der Waals surface area contributed by atoms with Crippen LogP contribution in [0.2, 0.25) is 0 Å². The first-order valence-electron chi connectivity index (χ1n) is 5.97. The zero-order valence-electron chi connectivity index (χ0n) is 10.4. The van der Waals surface area contributed by atoms with Crippen LogP contribution in [-0.2, 0) is 11.2 Å². The summed E-state index contributed by atoms with van der Waals surface area (Å²) in [5.74, 6) is 0.151. The van der Waals surface area contributed by atoms with E-state index in [9.17, 15) is 4.79 Å². The molecule has 16 heavy (non-hydrogen) atoms. The zero-order valence-corrected chi connectivity index (χ0v) is 10.4. The average Bonchev–Trinajstić information content (AvgIpc) is 2.28. The van der Waals surface area contributed by atoms with Gasteiger partial charge in [0.05, 0.1) is 0 Å². The highest BCUT2D eigenvalue weighted by Crippen LogP contribution is 2.09. The molecule has 0 bridgehead atoms. The van der Waals surface area contributed by atoms with Gasteiger partial charge in [0.25, 0.3) is 0 Å². The number of hydrogen-bond donors (Lipinski definition) is 1. The van der Waals surface area contributed by atoms with Crippen LogP contribution < -0.4 is 5.32 Å². The fourth-order valence-corrected chi connectivity index (χ4v) is 1.59. The molecule has 0 aliphatic rings. The fraction of sp³-hybridized carbons (Fsp3) is 0.500. The maximum Gasteiger partial charge on any atom is 0.220 e. The fourth-order valence-electron chi connectivity index (χ4n) is 1.59. The van der Waals surface area contributed by atoms with Crippen LogP contribution in [-0.4, -0.2) is 11.9 Å². The predicted octanol–water partition coefficient (Wildman–Crippen LogP) is 2.84. The molecule has 0 spiro atoms. The van der Waals surface area contributed by atoms with Gasteiger partial charge in [0.2, 0.25) is 5.91 Å². The van der Waals surface area contributed by atoms with Gasteiger partial charge in [0.1, 0.15) is 0 Å². The molecule has 1 amide bonds. The molecule has 1 atom stereocenters. The van der Waals surface area contributed by atoms with E-state index in [1.54, 1.807) is 0 Å². The Bertz CT molecular complexity index is 346. The summed E-state index contributed by atoms with van der Waals surface area (Å²) in [6.45, 7) is 6.19. The molecule has 0 saturated heterocycles. The Labute approximate surface area is 98.1 Å². The minimum absolute atomic E-state index is 0.151. The van der Waals surface area contributed by atoms with Gasteiger partial charge in [-0.25, -0.2) is 0 Å². The van der Waals surface area contributed by atoms with Gasteiger partial charge in [-0.15, -0.1) is 0 Å². The normalized spacial score (nSPS) is 12.2. The molecule has 1 aromatic rings. The van der Waals surface area contributed by atoms with Gasteiger partial charge in [-0.2, -0.15) is 0 Å². The Morgan fingerprint density at radius 3 is 2.69 bits per heavy atom. The summed E-state index contributed by atoms with van der Waals surface area (Å²) in [5.41, 5.74) is 2.53. The summed E-state index contributed by atoms with van der Waals surface area (Å²) in [5, 5.41) is 2.98. The second-order valence-electron chi connectivity index (χ2n) is 4.30. The Balaban J connectivity index is 2.40. The van der Waals surface area contributed by atoms with Gasteiger partial charge in [0, 0.05) is 12.5 Å². The van der Waals surface area contributed by atoms with Crippen molar-refractivity contribution in [2.45, 2.75) is 46.1 Å². The number of hydrogen-bond acceptors (Lipinski definition) is 1. The van der Waals surface area contributed by atoms with Crippen LogP contribution in [0.1, 0.15) is 37.8 Å². The lowest BCUT2D eigenvalue weighted by atomic mass is 10.0. The van der Waals surface area contributed by atoms with Crippen molar-refractivity contribution in [1.82, 2.24) is 5.32 Å². The van der Waals surface area contributed by atoms with Crippen LogP contribution in [0.3, 0.4) is 0 Å². The van der Waals surface area contributed by atoms with Crippen molar-refractivity contribution < 1.29 is 4.79 Å². The third-order valence-electron chi connectivity index (χ3n) is 2.90. The molecule has 1 aromatic carbocycles. The largest absolute Gasteiger partial charge is 0.354 e. The Hall–Kier alpha value is -1.31. The first-order valence-corrected chi connectivity index (χ1v) is 5.97. The smallest absolute Gasteiger partial charge is 0.220 e. The van der Waals surface area contributed by atoms with Crippen LogP contribution in [0.4, 0.5) is 0 Å². The van der Waals surface area contributed by atoms with E-state index in [4.69, 9.17) is 0 Å². The molecular formula is C14H21NO. The van der Waals surface area contributed by atoms with Crippen LogP contribution in [0.5, 0.6) is 0 Å². The standard InChI is InChI=1S/C14H21NO/c1-4-12(3)15-14(16)10-9-13-8-6-5-7-11(13)2/h5-8,12H,4,9-10H2,1-3H3,(H,15,16). The van der Waals surface area contributed by atoms with E-state index in [0.29, 0.717) is 6.42 Å². The average molecular weight is 219 g/mol. The third-order valence-corrected chi connectivity index (χ3v) is 2.90. The summed E-state index contributed by atoms with van der Waals surface area (Å²) in [6.07, 6.45) is 2.39. The van der Waals surface area contributed by atoms with E-state index in [0.717, 1.165) is 12.8 Å². The molecule has 0 heterocycles. The minimum Gasteiger partial charge on any atom is -0.354 e. The maximum atomic E-state index is 11.6. The van der Waals surface area contributed by atoms with E-state index in [-0.39, 0.29) is 11.9 Å².